The molecule has 8 rings (SSSR count). The largest absolute Gasteiger partial charge is 0.481 e. The highest BCUT2D eigenvalue weighted by Crippen LogP contribution is 2.48. The second kappa shape index (κ2) is 25.6. The molecule has 0 aliphatic carbocycles. The SMILES string of the molecule is CCC(C)(C(=O)O)c1ccc(CC#CCN2CCC(C(OC(=O)C(=O)OC(c3ccccc3)(c3ccccc3)C3CCN(CC#CCc4ccc(C(C)(C)C(=O)OC)cc4)CC3)(c3ccccc3)c3ccccc3)CC2)cc1. The van der Waals surface area contributed by atoms with Gasteiger partial charge in [0.25, 0.3) is 0 Å². The molecule has 0 amide bonds. The Morgan fingerprint density at radius 1 is 0.487 bits per heavy atom. The molecule has 1 atom stereocenters. The summed E-state index contributed by atoms with van der Waals surface area (Å²) < 4.78 is 18.7. The van der Waals surface area contributed by atoms with Crippen molar-refractivity contribution in [1.29, 1.82) is 0 Å². The van der Waals surface area contributed by atoms with Crippen molar-refractivity contribution in [2.24, 2.45) is 11.8 Å². The van der Waals surface area contributed by atoms with E-state index in [0.717, 1.165) is 44.5 Å². The Balaban J connectivity index is 0.994. The van der Waals surface area contributed by atoms with Gasteiger partial charge in [0.05, 0.1) is 31.0 Å². The van der Waals surface area contributed by atoms with Crippen LogP contribution in [0.1, 0.15) is 104 Å². The maximum Gasteiger partial charge on any atom is 0.418 e. The highest BCUT2D eigenvalue weighted by atomic mass is 16.6. The van der Waals surface area contributed by atoms with Crippen LogP contribution in [0.2, 0.25) is 0 Å². The summed E-state index contributed by atoms with van der Waals surface area (Å²) in [6, 6.07) is 54.7. The number of carboxylic acid groups (broad SMARTS) is 1. The molecular weight excluding hydrogens is 973 g/mol. The number of piperidine rings is 2. The van der Waals surface area contributed by atoms with Gasteiger partial charge in [-0.3, -0.25) is 19.4 Å². The molecule has 2 aliphatic rings. The Labute approximate surface area is 461 Å². The molecular formula is C68H72N2O8. The normalized spacial score (nSPS) is 15.6. The van der Waals surface area contributed by atoms with E-state index in [9.17, 15) is 14.7 Å². The summed E-state index contributed by atoms with van der Waals surface area (Å²) >= 11 is 0. The molecule has 2 saturated heterocycles. The predicted octanol–water partition coefficient (Wildman–Crippen LogP) is 11.1. The van der Waals surface area contributed by atoms with Crippen molar-refractivity contribution in [3.8, 4) is 23.7 Å². The van der Waals surface area contributed by atoms with E-state index >= 15 is 9.59 Å². The third-order valence-electron chi connectivity index (χ3n) is 16.4. The van der Waals surface area contributed by atoms with E-state index in [1.54, 1.807) is 6.92 Å². The number of aliphatic carboxylic acids is 1. The zero-order valence-corrected chi connectivity index (χ0v) is 45.7. The van der Waals surface area contributed by atoms with Gasteiger partial charge >= 0.3 is 23.9 Å². The molecule has 10 nitrogen and oxygen atoms in total. The first-order valence-electron chi connectivity index (χ1n) is 27.3. The van der Waals surface area contributed by atoms with E-state index in [1.165, 1.54) is 7.11 Å². The van der Waals surface area contributed by atoms with Crippen molar-refractivity contribution in [1.82, 2.24) is 9.80 Å². The summed E-state index contributed by atoms with van der Waals surface area (Å²) in [7, 11) is 1.40. The summed E-state index contributed by atoms with van der Waals surface area (Å²) in [5.74, 6) is 9.77. The number of esters is 3. The Kier molecular flexibility index (Phi) is 18.5. The van der Waals surface area contributed by atoms with E-state index in [1.807, 2.05) is 191 Å². The van der Waals surface area contributed by atoms with Gasteiger partial charge in [-0.15, -0.1) is 0 Å². The Hall–Kier alpha value is -7.76. The quantitative estimate of drug-likeness (QED) is 0.0409. The van der Waals surface area contributed by atoms with Gasteiger partial charge in [0, 0.05) is 46.9 Å². The van der Waals surface area contributed by atoms with Gasteiger partial charge < -0.3 is 19.3 Å². The highest BCUT2D eigenvalue weighted by Gasteiger charge is 2.51. The fraction of sp³-hybridized carbons (Fsp3) is 0.353. The molecule has 2 aliphatic heterocycles. The standard InChI is InChI=1S/C68H72N2O8/c1-6-66(4,63(73)74)54-39-35-52(36-40-54)24-20-22-46-70-49-43-60(44-50-70)68(57-29-15-9-16-30-57,58-31-17-10-18-32-58)78-62(72)61(71)77-67(55-25-11-7-12-26-55,56-27-13-8-14-28-56)59-41-47-69(48-42-59)45-21-19-23-51-33-37-53(38-34-51)65(2,3)64(75)76-5/h7-18,25-40,59-60H,6,23-24,41-50H2,1-5H3,(H,73,74). The lowest BCUT2D eigenvalue weighted by Crippen LogP contribution is -2.50. The van der Waals surface area contributed by atoms with Crippen molar-refractivity contribution in [2.75, 3.05) is 46.4 Å². The summed E-state index contributed by atoms with van der Waals surface area (Å²) in [5.41, 5.74) is 2.52. The van der Waals surface area contributed by atoms with Crippen molar-refractivity contribution in [2.45, 2.75) is 94.7 Å². The van der Waals surface area contributed by atoms with Gasteiger partial charge in [-0.1, -0.05) is 200 Å². The summed E-state index contributed by atoms with van der Waals surface area (Å²) in [4.78, 5) is 59.1. The molecule has 1 unspecified atom stereocenters. The smallest absolute Gasteiger partial charge is 0.418 e. The Morgan fingerprint density at radius 2 is 0.821 bits per heavy atom. The maximum absolute atomic E-state index is 15.0. The third-order valence-corrected chi connectivity index (χ3v) is 16.4. The van der Waals surface area contributed by atoms with Gasteiger partial charge in [-0.2, -0.15) is 0 Å². The van der Waals surface area contributed by atoms with Gasteiger partial charge in [-0.05, 0) is 101 Å². The predicted molar refractivity (Wildman–Crippen MR) is 304 cm³/mol. The number of benzene rings is 6. The Bertz CT molecular complexity index is 3010. The number of ether oxygens (including phenoxy) is 3. The lowest BCUT2D eigenvalue weighted by Gasteiger charge is -2.46. The zero-order chi connectivity index (χ0) is 55.2. The van der Waals surface area contributed by atoms with Crippen LogP contribution in [0.15, 0.2) is 170 Å². The van der Waals surface area contributed by atoms with Gasteiger partial charge in [0.2, 0.25) is 0 Å². The van der Waals surface area contributed by atoms with Crippen LogP contribution < -0.4 is 0 Å². The molecule has 78 heavy (non-hydrogen) atoms. The molecule has 6 aromatic carbocycles. The topological polar surface area (TPSA) is 123 Å². The van der Waals surface area contributed by atoms with Crippen LogP contribution in [0.5, 0.6) is 0 Å². The average Bonchev–Trinajstić information content (AvgIpc) is 3.50. The zero-order valence-electron chi connectivity index (χ0n) is 45.7. The molecule has 0 radical (unpaired) electrons. The lowest BCUT2D eigenvalue weighted by atomic mass is 9.71. The number of hydrogen-bond acceptors (Lipinski definition) is 9. The minimum Gasteiger partial charge on any atom is -0.481 e. The number of carbonyl (C=O) groups is 4. The maximum atomic E-state index is 15.0. The van der Waals surface area contributed by atoms with Crippen LogP contribution in [0.3, 0.4) is 0 Å². The van der Waals surface area contributed by atoms with Crippen molar-refractivity contribution < 1.29 is 38.5 Å². The van der Waals surface area contributed by atoms with Crippen molar-refractivity contribution >= 4 is 23.9 Å². The molecule has 0 bridgehead atoms. The van der Waals surface area contributed by atoms with Crippen LogP contribution in [-0.2, 0) is 68.3 Å². The van der Waals surface area contributed by atoms with Gasteiger partial charge in [-0.25, -0.2) is 9.59 Å². The van der Waals surface area contributed by atoms with E-state index in [0.29, 0.717) is 84.2 Å². The second-order valence-electron chi connectivity index (χ2n) is 21.4. The Morgan fingerprint density at radius 3 is 1.13 bits per heavy atom. The third kappa shape index (κ3) is 12.5. The van der Waals surface area contributed by atoms with Crippen LogP contribution in [-0.4, -0.2) is 85.2 Å². The minimum absolute atomic E-state index is 0.196. The molecule has 2 fully saturated rings. The number of likely N-dealkylation sites (tertiary alicyclic amines) is 2. The van der Waals surface area contributed by atoms with E-state index in [-0.39, 0.29) is 17.8 Å². The number of nitrogens with zero attached hydrogens (tertiary/aromatic N) is 2. The number of hydrogen-bond donors (Lipinski definition) is 1. The lowest BCUT2D eigenvalue weighted by molar-refractivity contribution is -0.190. The summed E-state index contributed by atoms with van der Waals surface area (Å²) in [6.45, 7) is 11.3. The van der Waals surface area contributed by atoms with Crippen LogP contribution in [0.25, 0.3) is 0 Å². The van der Waals surface area contributed by atoms with Crippen molar-refractivity contribution in [3.63, 3.8) is 0 Å². The molecule has 0 spiro atoms. The molecule has 402 valence electrons. The van der Waals surface area contributed by atoms with E-state index < -0.39 is 39.9 Å². The van der Waals surface area contributed by atoms with Gasteiger partial charge in [0.15, 0.2) is 11.2 Å². The monoisotopic (exact) mass is 1040 g/mol. The molecule has 6 aromatic rings. The number of rotatable bonds is 17. The molecule has 2 heterocycles. The van der Waals surface area contributed by atoms with Gasteiger partial charge in [0.1, 0.15) is 0 Å². The number of methoxy groups -OCH3 is 1. The first-order chi connectivity index (χ1) is 37.7. The van der Waals surface area contributed by atoms with Crippen LogP contribution in [0.4, 0.5) is 0 Å². The van der Waals surface area contributed by atoms with Crippen LogP contribution >= 0.6 is 0 Å². The molecule has 0 aromatic heterocycles. The molecule has 0 saturated carbocycles. The fourth-order valence-electron chi connectivity index (χ4n) is 11.3. The van der Waals surface area contributed by atoms with Crippen molar-refractivity contribution in [3.05, 3.63) is 214 Å². The number of carboxylic acids is 1. The first-order valence-corrected chi connectivity index (χ1v) is 27.3. The van der Waals surface area contributed by atoms with E-state index in [2.05, 4.69) is 33.5 Å². The average molecular weight is 1050 g/mol. The van der Waals surface area contributed by atoms with Crippen LogP contribution in [0, 0.1) is 35.5 Å². The fourth-order valence-corrected chi connectivity index (χ4v) is 11.3. The first kappa shape index (κ1) is 56.4. The van der Waals surface area contributed by atoms with E-state index in [4.69, 9.17) is 14.2 Å². The molecule has 1 N–H and O–H groups in total. The minimum atomic E-state index is -1.32. The summed E-state index contributed by atoms with van der Waals surface area (Å²) in [6.07, 6.45) is 4.30. The number of carbonyl (C=O) groups excluding carboxylic acids is 3. The summed E-state index contributed by atoms with van der Waals surface area (Å²) in [5, 5.41) is 9.84. The molecule has 10 heteroatoms. The second-order valence-corrected chi connectivity index (χ2v) is 21.4. The highest BCUT2D eigenvalue weighted by molar-refractivity contribution is 6.30.